The number of hydrogen-bond donors (Lipinski definition) is 0. The van der Waals surface area contributed by atoms with Crippen molar-refractivity contribution in [3.8, 4) is 0 Å². The minimum Gasteiger partial charge on any atom is -0.249 e. The molecule has 0 saturated heterocycles. The number of fused-ring (bicyclic) bond motifs is 4. The van der Waals surface area contributed by atoms with Crippen LogP contribution in [-0.4, -0.2) is 22.8 Å². The molecule has 25 heavy (non-hydrogen) atoms. The quantitative estimate of drug-likeness (QED) is 0.590. The number of nitrogens with zero attached hydrogens (tertiary/aromatic N) is 4. The fraction of sp³-hybridized carbons (Fsp3) is 0. The molecule has 5 rings (SSSR count). The van der Waals surface area contributed by atoms with Crippen LogP contribution in [0.4, 0.5) is 0 Å². The van der Waals surface area contributed by atoms with Gasteiger partial charge in [-0.15, -0.1) is 0 Å². The summed E-state index contributed by atoms with van der Waals surface area (Å²) in [6.45, 7) is 0. The Morgan fingerprint density at radius 3 is 1.32 bits per heavy atom. The van der Waals surface area contributed by atoms with Crippen LogP contribution in [0.2, 0.25) is 0 Å². The first-order valence-corrected chi connectivity index (χ1v) is 7.66. The Labute approximate surface area is 157 Å². The van der Waals surface area contributed by atoms with Gasteiger partial charge in [0.1, 0.15) is 0 Å². The van der Waals surface area contributed by atoms with E-state index in [1.807, 2.05) is 60.8 Å². The van der Waals surface area contributed by atoms with E-state index in [2.05, 4.69) is 20.0 Å². The van der Waals surface area contributed by atoms with Gasteiger partial charge in [-0.05, 0) is 72.9 Å². The van der Waals surface area contributed by atoms with E-state index in [1.165, 1.54) is 0 Å². The molecule has 0 aliphatic carbocycles. The van der Waals surface area contributed by atoms with Crippen molar-refractivity contribution in [1.29, 1.82) is 0 Å². The molecule has 0 unspecified atom stereocenters. The van der Waals surface area contributed by atoms with Gasteiger partial charge in [0.2, 0.25) is 0 Å². The van der Waals surface area contributed by atoms with Gasteiger partial charge in [-0.25, -0.2) is 20.0 Å². The molecule has 0 amide bonds. The Kier molecular flexibility index (Phi) is 3.59. The largest absolute Gasteiger partial charge is 0.249 e. The third-order valence-corrected chi connectivity index (χ3v) is 3.84. The first kappa shape index (κ1) is 14.5. The number of hydrogen-bond acceptors (Lipinski definition) is 4. The Balaban J connectivity index is 0.00000168. The smallest absolute Gasteiger partial charge is 0.0659 e. The average Bonchev–Trinajstić information content (AvgIpc) is 3.33. The van der Waals surface area contributed by atoms with Crippen molar-refractivity contribution < 1.29 is 18.4 Å². The van der Waals surface area contributed by atoms with Crippen molar-refractivity contribution in [2.45, 2.75) is 0 Å². The molecular weight excluding hydrogens is 351 g/mol. The van der Waals surface area contributed by atoms with Gasteiger partial charge in [-0.1, -0.05) is 0 Å². The first-order valence-electron chi connectivity index (χ1n) is 8.16. The van der Waals surface area contributed by atoms with Gasteiger partial charge in [-0.3, -0.25) is 0 Å². The average molecular weight is 364 g/mol. The second-order valence-electron chi connectivity index (χ2n) is 5.67. The normalized spacial score (nSPS) is 22.7. The van der Waals surface area contributed by atoms with E-state index in [0.717, 1.165) is 39.9 Å². The maximum Gasteiger partial charge on any atom is 0.0659 e. The number of aliphatic imine (C=N–C) groups is 4. The van der Waals surface area contributed by atoms with E-state index < -0.39 is 0 Å². The second kappa shape index (κ2) is 6.20. The van der Waals surface area contributed by atoms with Crippen LogP contribution < -0.4 is 0 Å². The first-order chi connectivity index (χ1) is 12.2. The van der Waals surface area contributed by atoms with Gasteiger partial charge in [0.25, 0.3) is 0 Å². The summed E-state index contributed by atoms with van der Waals surface area (Å²) in [4.78, 5) is 18.2. The molecular formula is C20H12MnN4. The predicted molar refractivity (Wildman–Crippen MR) is 98.6 cm³/mol. The van der Waals surface area contributed by atoms with Crippen LogP contribution >= 0.6 is 0 Å². The van der Waals surface area contributed by atoms with E-state index in [0.29, 0.717) is 11.7 Å². The molecule has 0 saturated carbocycles. The molecule has 5 aliphatic heterocycles. The summed E-state index contributed by atoms with van der Waals surface area (Å²) < 4.78 is 8.11. The molecule has 0 aromatic carbocycles. The molecule has 5 aliphatic rings. The number of allylic oxidation sites excluding steroid dienone is 12. The Morgan fingerprint density at radius 1 is 0.480 bits per heavy atom. The van der Waals surface area contributed by atoms with Crippen LogP contribution in [-0.2, 0) is 17.1 Å². The van der Waals surface area contributed by atoms with Crippen LogP contribution in [0.1, 0.15) is 1.37 Å². The molecule has 0 fully saturated rings. The summed E-state index contributed by atoms with van der Waals surface area (Å²) >= 11 is 0. The Morgan fingerprint density at radius 2 is 0.840 bits per heavy atom. The van der Waals surface area contributed by atoms with Crippen molar-refractivity contribution in [2.24, 2.45) is 20.0 Å². The summed E-state index contributed by atoms with van der Waals surface area (Å²) in [5.41, 5.74) is 6.33. The third-order valence-electron chi connectivity index (χ3n) is 3.84. The summed E-state index contributed by atoms with van der Waals surface area (Å²) in [5, 5.41) is 0. The summed E-state index contributed by atoms with van der Waals surface area (Å²) in [5.74, 6) is 0. The van der Waals surface area contributed by atoms with Crippen LogP contribution in [0.5, 0.6) is 0 Å². The fourth-order valence-corrected chi connectivity index (χ4v) is 2.76. The van der Waals surface area contributed by atoms with E-state index >= 15 is 0 Å². The SMILES string of the molecule is [2H]C1=CC2=NC1=CC1=NC(=CC3=NC(=CC4=NC(=C2)C=C4)C=C3)C=C1.[Mn]. The molecule has 0 atom stereocenters. The van der Waals surface area contributed by atoms with Crippen molar-refractivity contribution in [3.63, 3.8) is 0 Å². The summed E-state index contributed by atoms with van der Waals surface area (Å²) in [6, 6.07) is 0.379. The zero-order valence-electron chi connectivity index (χ0n) is 14.0. The molecule has 5 heterocycles. The second-order valence-corrected chi connectivity index (χ2v) is 5.67. The van der Waals surface area contributed by atoms with Crippen LogP contribution in [0, 0.1) is 0 Å². The molecule has 0 N–H and O–H groups in total. The minimum absolute atomic E-state index is 0. The molecule has 5 heteroatoms. The van der Waals surface area contributed by atoms with Crippen molar-refractivity contribution in [1.82, 2.24) is 0 Å². The van der Waals surface area contributed by atoms with Gasteiger partial charge in [0.15, 0.2) is 0 Å². The fourth-order valence-electron chi connectivity index (χ4n) is 2.76. The zero-order valence-corrected chi connectivity index (χ0v) is 14.2. The van der Waals surface area contributed by atoms with Crippen molar-refractivity contribution in [3.05, 3.63) is 95.7 Å². The van der Waals surface area contributed by atoms with Gasteiger partial charge in [0, 0.05) is 17.1 Å². The van der Waals surface area contributed by atoms with Gasteiger partial charge < -0.3 is 0 Å². The maximum absolute atomic E-state index is 8.11. The molecule has 4 nitrogen and oxygen atoms in total. The summed E-state index contributed by atoms with van der Waals surface area (Å²) in [7, 11) is 0. The van der Waals surface area contributed by atoms with Gasteiger partial charge in [-0.2, -0.15) is 0 Å². The molecule has 8 bridgehead atoms. The van der Waals surface area contributed by atoms with Crippen molar-refractivity contribution in [2.75, 3.05) is 0 Å². The standard InChI is InChI=1S/C20H12N4.Mn/c1-2-14-10-16-5-6-18(23-16)12-20-8-7-19(24-20)11-17-4-3-15(22-17)9-13(1)21-14;/h1-12H;/i1D;. The van der Waals surface area contributed by atoms with Crippen LogP contribution in [0.3, 0.4) is 0 Å². The van der Waals surface area contributed by atoms with E-state index in [4.69, 9.17) is 1.37 Å². The van der Waals surface area contributed by atoms with Gasteiger partial charge in [0.05, 0.1) is 47.0 Å². The predicted octanol–water partition coefficient (Wildman–Crippen LogP) is 3.58. The maximum atomic E-state index is 8.11. The van der Waals surface area contributed by atoms with Gasteiger partial charge >= 0.3 is 0 Å². The molecule has 0 aromatic heterocycles. The van der Waals surface area contributed by atoms with Crippen LogP contribution in [0.25, 0.3) is 0 Å². The zero-order chi connectivity index (χ0) is 16.8. The number of rotatable bonds is 0. The summed E-state index contributed by atoms with van der Waals surface area (Å²) in [6.07, 6.45) is 21.0. The van der Waals surface area contributed by atoms with Crippen molar-refractivity contribution >= 4 is 22.8 Å². The Bertz CT molecular complexity index is 1080. The van der Waals surface area contributed by atoms with Crippen LogP contribution in [0.15, 0.2) is 116 Å². The van der Waals surface area contributed by atoms with E-state index in [1.54, 1.807) is 6.08 Å². The third kappa shape index (κ3) is 3.20. The monoisotopic (exact) mass is 364 g/mol. The van der Waals surface area contributed by atoms with E-state index in [9.17, 15) is 0 Å². The Hall–Kier alpha value is -2.88. The molecule has 0 spiro atoms. The molecule has 0 aromatic rings. The molecule has 1 radical (unpaired) electrons. The van der Waals surface area contributed by atoms with E-state index in [-0.39, 0.29) is 17.1 Å². The molecule has 119 valence electrons. The minimum atomic E-state index is 0. The topological polar surface area (TPSA) is 49.4 Å².